The van der Waals surface area contributed by atoms with E-state index in [-0.39, 0.29) is 11.7 Å². The lowest BCUT2D eigenvalue weighted by molar-refractivity contribution is -0.116. The maximum absolute atomic E-state index is 12.3. The van der Waals surface area contributed by atoms with Gasteiger partial charge in [0.15, 0.2) is 5.78 Å². The summed E-state index contributed by atoms with van der Waals surface area (Å²) in [5.41, 5.74) is 2.56. The Morgan fingerprint density at radius 3 is 2.77 bits per heavy atom. The smallest absolute Gasteiger partial charge is 0.162 e. The number of benzene rings is 2. The molecule has 0 N–H and O–H groups in total. The lowest BCUT2D eigenvalue weighted by atomic mass is 9.80. The zero-order chi connectivity index (χ0) is 15.1. The summed E-state index contributed by atoms with van der Waals surface area (Å²) >= 11 is 0. The van der Waals surface area contributed by atoms with Crippen molar-refractivity contribution in [3.8, 4) is 0 Å². The molecule has 4 rings (SSSR count). The molecule has 1 unspecified atom stereocenters. The van der Waals surface area contributed by atoms with Crippen molar-refractivity contribution in [2.24, 2.45) is 0 Å². The molecule has 2 aromatic rings. The van der Waals surface area contributed by atoms with Crippen LogP contribution in [0, 0.1) is 10.4 Å². The topological polar surface area (TPSA) is 17.1 Å². The number of carbonyl (C=O) groups excluding carboxylic acids is 1. The third kappa shape index (κ3) is 1.89. The average molecular weight is 286 g/mol. The first kappa shape index (κ1) is 13.3. The molecular formula is C21H18O. The highest BCUT2D eigenvalue weighted by Crippen LogP contribution is 2.28. The van der Waals surface area contributed by atoms with Gasteiger partial charge in [0.1, 0.15) is 0 Å². The SMILES string of the molecule is C=CC(=O)C1CCC=c2ccc3c(c21)CC=c1ccccc1=3. The van der Waals surface area contributed by atoms with E-state index < -0.39 is 0 Å². The summed E-state index contributed by atoms with van der Waals surface area (Å²) < 4.78 is 0. The molecule has 0 saturated carbocycles. The van der Waals surface area contributed by atoms with Gasteiger partial charge < -0.3 is 0 Å². The van der Waals surface area contributed by atoms with Crippen LogP contribution < -0.4 is 10.4 Å². The lowest BCUT2D eigenvalue weighted by Gasteiger charge is -2.23. The van der Waals surface area contributed by atoms with Gasteiger partial charge in [-0.25, -0.2) is 0 Å². The van der Waals surface area contributed by atoms with E-state index in [1.807, 2.05) is 0 Å². The lowest BCUT2D eigenvalue weighted by Crippen LogP contribution is -2.26. The minimum atomic E-state index is -0.0221. The summed E-state index contributed by atoms with van der Waals surface area (Å²) in [7, 11) is 0. The van der Waals surface area contributed by atoms with Crippen LogP contribution in [0.25, 0.3) is 12.2 Å². The number of ketones is 1. The fraction of sp³-hybridized carbons (Fsp3) is 0.190. The van der Waals surface area contributed by atoms with E-state index in [4.69, 9.17) is 0 Å². The zero-order valence-corrected chi connectivity index (χ0v) is 12.5. The second-order valence-electron chi connectivity index (χ2n) is 6.03. The van der Waals surface area contributed by atoms with Crippen molar-refractivity contribution >= 4 is 17.9 Å². The number of hydrogen-bond donors (Lipinski definition) is 0. The molecule has 0 saturated heterocycles. The van der Waals surface area contributed by atoms with Gasteiger partial charge in [-0.2, -0.15) is 0 Å². The van der Waals surface area contributed by atoms with Crippen molar-refractivity contribution in [3.63, 3.8) is 0 Å². The van der Waals surface area contributed by atoms with Gasteiger partial charge in [0, 0.05) is 5.92 Å². The fourth-order valence-corrected chi connectivity index (χ4v) is 3.85. The van der Waals surface area contributed by atoms with Gasteiger partial charge in [0.25, 0.3) is 0 Å². The Hall–Kier alpha value is -2.41. The van der Waals surface area contributed by atoms with E-state index in [1.165, 1.54) is 38.1 Å². The molecule has 108 valence electrons. The standard InChI is InChI=1S/C21H18O/c1-2-20(22)19-9-5-7-15-11-12-17-16-8-4-3-6-14(16)10-13-18(17)21(15)19/h2-4,6-8,10-12,19H,1,5,9,13H2. The van der Waals surface area contributed by atoms with Crippen LogP contribution in [0.5, 0.6) is 0 Å². The second-order valence-corrected chi connectivity index (χ2v) is 6.03. The minimum absolute atomic E-state index is 0.0221. The zero-order valence-electron chi connectivity index (χ0n) is 12.5. The van der Waals surface area contributed by atoms with Crippen LogP contribution in [0.4, 0.5) is 0 Å². The quantitative estimate of drug-likeness (QED) is 0.776. The van der Waals surface area contributed by atoms with Crippen LogP contribution in [0.2, 0.25) is 0 Å². The molecule has 0 amide bonds. The van der Waals surface area contributed by atoms with Crippen LogP contribution in [-0.2, 0) is 11.2 Å². The van der Waals surface area contributed by atoms with Gasteiger partial charge in [-0.05, 0) is 57.3 Å². The summed E-state index contributed by atoms with van der Waals surface area (Å²) in [6.07, 6.45) is 8.81. The molecule has 2 aromatic carbocycles. The number of hydrogen-bond acceptors (Lipinski definition) is 1. The molecule has 0 spiro atoms. The molecule has 2 aliphatic carbocycles. The van der Waals surface area contributed by atoms with E-state index in [1.54, 1.807) is 0 Å². The third-order valence-electron chi connectivity index (χ3n) is 4.88. The van der Waals surface area contributed by atoms with Gasteiger partial charge >= 0.3 is 0 Å². The van der Waals surface area contributed by atoms with Crippen molar-refractivity contribution in [3.05, 3.63) is 81.1 Å². The third-order valence-corrected chi connectivity index (χ3v) is 4.88. The van der Waals surface area contributed by atoms with Crippen LogP contribution >= 0.6 is 0 Å². The molecule has 22 heavy (non-hydrogen) atoms. The van der Waals surface area contributed by atoms with Crippen LogP contribution in [0.3, 0.4) is 0 Å². The van der Waals surface area contributed by atoms with Crippen LogP contribution in [0.1, 0.15) is 29.9 Å². The van der Waals surface area contributed by atoms with Crippen molar-refractivity contribution in [2.75, 3.05) is 0 Å². The largest absolute Gasteiger partial charge is 0.294 e. The van der Waals surface area contributed by atoms with Crippen molar-refractivity contribution in [1.82, 2.24) is 0 Å². The summed E-state index contributed by atoms with van der Waals surface area (Å²) in [5.74, 6) is 0.132. The van der Waals surface area contributed by atoms with E-state index in [0.717, 1.165) is 19.3 Å². The molecule has 0 aliphatic heterocycles. The highest BCUT2D eigenvalue weighted by Gasteiger charge is 2.24. The maximum atomic E-state index is 12.3. The summed E-state index contributed by atoms with van der Waals surface area (Å²) in [6, 6.07) is 12.9. The predicted molar refractivity (Wildman–Crippen MR) is 89.6 cm³/mol. The number of allylic oxidation sites excluding steroid dienone is 1. The Bertz CT molecular complexity index is 995. The normalized spacial score (nSPS) is 18.1. The summed E-state index contributed by atoms with van der Waals surface area (Å²) in [5, 5.41) is 5.09. The Morgan fingerprint density at radius 1 is 1.05 bits per heavy atom. The first-order valence-electron chi connectivity index (χ1n) is 7.87. The van der Waals surface area contributed by atoms with Crippen LogP contribution in [-0.4, -0.2) is 5.78 Å². The first-order chi connectivity index (χ1) is 10.8. The highest BCUT2D eigenvalue weighted by molar-refractivity contribution is 5.95. The van der Waals surface area contributed by atoms with E-state index >= 15 is 0 Å². The minimum Gasteiger partial charge on any atom is -0.294 e. The Balaban J connectivity index is 2.14. The number of fused-ring (bicyclic) bond motifs is 4. The number of carbonyl (C=O) groups is 1. The first-order valence-corrected chi connectivity index (χ1v) is 7.87. The molecule has 0 radical (unpaired) electrons. The molecular weight excluding hydrogens is 268 g/mol. The Morgan fingerprint density at radius 2 is 1.91 bits per heavy atom. The molecule has 1 nitrogen and oxygen atoms in total. The molecule has 0 aromatic heterocycles. The fourth-order valence-electron chi connectivity index (χ4n) is 3.85. The summed E-state index contributed by atoms with van der Waals surface area (Å²) in [6.45, 7) is 3.69. The Labute approximate surface area is 129 Å². The second kappa shape index (κ2) is 5.10. The van der Waals surface area contributed by atoms with Gasteiger partial charge in [0.05, 0.1) is 0 Å². The van der Waals surface area contributed by atoms with Crippen molar-refractivity contribution in [2.45, 2.75) is 25.2 Å². The van der Waals surface area contributed by atoms with Crippen molar-refractivity contribution in [1.29, 1.82) is 0 Å². The maximum Gasteiger partial charge on any atom is 0.162 e. The molecule has 2 aliphatic rings. The average Bonchev–Trinajstić information content (AvgIpc) is 2.59. The van der Waals surface area contributed by atoms with Gasteiger partial charge in [-0.1, -0.05) is 55.1 Å². The summed E-state index contributed by atoms with van der Waals surface area (Å²) in [4.78, 5) is 12.3. The van der Waals surface area contributed by atoms with E-state index in [2.05, 4.69) is 55.1 Å². The van der Waals surface area contributed by atoms with Gasteiger partial charge in [-0.3, -0.25) is 4.79 Å². The Kier molecular flexibility index (Phi) is 3.07. The predicted octanol–water partition coefficient (Wildman–Crippen LogP) is 2.72. The molecule has 1 atom stereocenters. The van der Waals surface area contributed by atoms with Crippen molar-refractivity contribution < 1.29 is 4.79 Å². The van der Waals surface area contributed by atoms with Gasteiger partial charge in [-0.15, -0.1) is 0 Å². The van der Waals surface area contributed by atoms with Gasteiger partial charge in [0.2, 0.25) is 0 Å². The van der Waals surface area contributed by atoms with E-state index in [0.29, 0.717) is 0 Å². The molecule has 1 heteroatoms. The van der Waals surface area contributed by atoms with Crippen LogP contribution in [0.15, 0.2) is 49.1 Å². The molecule has 0 bridgehead atoms. The monoisotopic (exact) mass is 286 g/mol. The molecule has 0 fully saturated rings. The number of rotatable bonds is 2. The molecule has 0 heterocycles. The highest BCUT2D eigenvalue weighted by atomic mass is 16.1. The van der Waals surface area contributed by atoms with E-state index in [9.17, 15) is 4.79 Å².